The molecule has 226 valence electrons. The first kappa shape index (κ1) is 28.2. The highest BCUT2D eigenvalue weighted by molar-refractivity contribution is 7.22. The number of ketones is 2. The molecule has 0 aliphatic heterocycles. The molecule has 0 saturated heterocycles. The first-order chi connectivity index (χ1) is 22.4. The Hall–Kier alpha value is -5.26. The summed E-state index contributed by atoms with van der Waals surface area (Å²) in [6, 6.07) is 25.0. The largest absolute Gasteiger partial charge is 0.508 e. The minimum atomic E-state index is -0.138. The van der Waals surface area contributed by atoms with Crippen molar-refractivity contribution in [3.8, 4) is 5.75 Å². The summed E-state index contributed by atoms with van der Waals surface area (Å²) in [5.74, 6) is 0.168. The Labute approximate surface area is 271 Å². The molecule has 46 heavy (non-hydrogen) atoms. The van der Waals surface area contributed by atoms with Crippen molar-refractivity contribution >= 4 is 76.4 Å². The van der Waals surface area contributed by atoms with Gasteiger partial charge in [-0.2, -0.15) is 10.2 Å². The number of nitrogens with zero attached hydrogens (tertiary/aromatic N) is 4. The lowest BCUT2D eigenvalue weighted by Gasteiger charge is -2.13. The summed E-state index contributed by atoms with van der Waals surface area (Å²) >= 11 is 2.99. The number of aromatic hydroxyl groups is 1. The molecule has 9 nitrogen and oxygen atoms in total. The topological polar surface area (TPSA) is 129 Å². The first-order valence-corrected chi connectivity index (χ1v) is 16.5. The van der Waals surface area contributed by atoms with Crippen LogP contribution in [0.4, 0.5) is 10.3 Å². The van der Waals surface area contributed by atoms with Gasteiger partial charge in [0, 0.05) is 24.0 Å². The highest BCUT2D eigenvalue weighted by atomic mass is 32.1. The van der Waals surface area contributed by atoms with Crippen LogP contribution in [-0.4, -0.2) is 38.1 Å². The number of para-hydroxylation sites is 1. The van der Waals surface area contributed by atoms with Crippen molar-refractivity contribution in [1.82, 2.24) is 9.97 Å². The molecule has 1 unspecified atom stereocenters. The minimum Gasteiger partial charge on any atom is -0.508 e. The molecule has 2 aliphatic rings. The Morgan fingerprint density at radius 1 is 0.761 bits per heavy atom. The molecule has 2 heterocycles. The fourth-order valence-corrected chi connectivity index (χ4v) is 7.62. The Morgan fingerprint density at radius 3 is 2.11 bits per heavy atom. The van der Waals surface area contributed by atoms with E-state index in [-0.39, 0.29) is 23.2 Å². The van der Waals surface area contributed by atoms with Crippen molar-refractivity contribution in [2.24, 2.45) is 10.2 Å². The number of rotatable bonds is 7. The number of phenolic OH excluding ortho intramolecular Hbond substituents is 1. The molecule has 0 fully saturated rings. The molecule has 0 spiro atoms. The standard InChI is InChI=1S/C35H26N6O3S2/c1-18(20-7-9-24-21(14-20)16-28(32(24)43)38-40-34-36-26-4-2-3-5-30(26)45-34)12-19-6-11-31-27(13-19)37-35(46-31)41-39-29-17-22-15-23(42)8-10-25(22)33(29)44/h2-11,13-15,18,42H,12,16-17H2,1H3,(H,36,40)(H,37,41)/b38-28-,39-29-. The number of nitrogens with one attached hydrogen (secondary N) is 2. The van der Waals surface area contributed by atoms with Crippen molar-refractivity contribution in [1.29, 1.82) is 0 Å². The van der Waals surface area contributed by atoms with E-state index in [4.69, 9.17) is 4.98 Å². The molecule has 1 atom stereocenters. The number of hydrogen-bond acceptors (Lipinski definition) is 11. The number of benzene rings is 4. The number of thiazole rings is 2. The third kappa shape index (κ3) is 5.23. The summed E-state index contributed by atoms with van der Waals surface area (Å²) in [6.45, 7) is 2.19. The molecule has 3 N–H and O–H groups in total. The molecule has 0 radical (unpaired) electrons. The third-order valence-electron chi connectivity index (χ3n) is 8.38. The molecule has 6 aromatic rings. The van der Waals surface area contributed by atoms with Crippen molar-refractivity contribution in [3.05, 3.63) is 112 Å². The molecule has 4 aromatic carbocycles. The van der Waals surface area contributed by atoms with Crippen LogP contribution in [0.15, 0.2) is 89.1 Å². The van der Waals surface area contributed by atoms with Gasteiger partial charge in [-0.3, -0.25) is 20.4 Å². The third-order valence-corrected chi connectivity index (χ3v) is 10.3. The van der Waals surface area contributed by atoms with Gasteiger partial charge in [-0.1, -0.05) is 66.0 Å². The number of anilines is 2. The minimum absolute atomic E-state index is 0.0486. The van der Waals surface area contributed by atoms with E-state index in [1.165, 1.54) is 34.3 Å². The zero-order valence-electron chi connectivity index (χ0n) is 24.6. The van der Waals surface area contributed by atoms with Crippen LogP contribution in [0, 0.1) is 0 Å². The fraction of sp³-hybridized carbons (Fsp3) is 0.143. The second-order valence-electron chi connectivity index (χ2n) is 11.5. The molecule has 0 saturated carbocycles. The SMILES string of the molecule is CC(Cc1ccc2sc(N/N=C3/Cc4cc(O)ccc4C3=O)nc2c1)c1ccc2c(c1)C/C(=N/Nc1nc3ccccc3s1)C2=O. The molecule has 2 aromatic heterocycles. The number of aromatic nitrogens is 2. The van der Waals surface area contributed by atoms with Gasteiger partial charge in [0.25, 0.3) is 0 Å². The maximum Gasteiger partial charge on any atom is 0.209 e. The maximum absolute atomic E-state index is 13.1. The number of phenols is 1. The summed E-state index contributed by atoms with van der Waals surface area (Å²) in [5.41, 5.74) is 14.0. The van der Waals surface area contributed by atoms with Gasteiger partial charge in [-0.05, 0) is 77.1 Å². The van der Waals surface area contributed by atoms with Crippen LogP contribution in [0.3, 0.4) is 0 Å². The number of hydrazone groups is 2. The number of hydrogen-bond donors (Lipinski definition) is 3. The van der Waals surface area contributed by atoms with Crippen molar-refractivity contribution in [2.45, 2.75) is 32.1 Å². The van der Waals surface area contributed by atoms with E-state index in [1.807, 2.05) is 36.4 Å². The van der Waals surface area contributed by atoms with Gasteiger partial charge in [-0.25, -0.2) is 9.97 Å². The zero-order chi connectivity index (χ0) is 31.4. The summed E-state index contributed by atoms with van der Waals surface area (Å²) in [4.78, 5) is 35.0. The Kier molecular flexibility index (Phi) is 6.92. The summed E-state index contributed by atoms with van der Waals surface area (Å²) < 4.78 is 2.09. The summed E-state index contributed by atoms with van der Waals surface area (Å²) in [6.07, 6.45) is 1.66. The van der Waals surface area contributed by atoms with Crippen LogP contribution < -0.4 is 10.9 Å². The van der Waals surface area contributed by atoms with Crippen LogP contribution in [0.5, 0.6) is 5.75 Å². The molecule has 8 rings (SSSR count). The highest BCUT2D eigenvalue weighted by Gasteiger charge is 2.28. The Balaban J connectivity index is 0.934. The van der Waals surface area contributed by atoms with Crippen molar-refractivity contribution in [3.63, 3.8) is 0 Å². The molecule has 11 heteroatoms. The van der Waals surface area contributed by atoms with E-state index in [1.54, 1.807) is 12.1 Å². The predicted molar refractivity (Wildman–Crippen MR) is 184 cm³/mol. The second kappa shape index (κ2) is 11.3. The van der Waals surface area contributed by atoms with Gasteiger partial charge in [0.05, 0.1) is 20.4 Å². The van der Waals surface area contributed by atoms with E-state index in [9.17, 15) is 14.7 Å². The fourth-order valence-electron chi connectivity index (χ4n) is 6.02. The lowest BCUT2D eigenvalue weighted by atomic mass is 9.91. The number of Topliss-reactive ketones (excluding diaryl/α,β-unsaturated/α-hetero) is 2. The number of carbonyl (C=O) groups is 2. The second-order valence-corrected chi connectivity index (χ2v) is 13.6. The van der Waals surface area contributed by atoms with E-state index < -0.39 is 0 Å². The van der Waals surface area contributed by atoms with Gasteiger partial charge in [0.2, 0.25) is 21.8 Å². The van der Waals surface area contributed by atoms with E-state index >= 15 is 0 Å². The maximum atomic E-state index is 13.1. The quantitative estimate of drug-likeness (QED) is 0.155. The summed E-state index contributed by atoms with van der Waals surface area (Å²) in [7, 11) is 0. The van der Waals surface area contributed by atoms with E-state index in [0.29, 0.717) is 45.7 Å². The average Bonchev–Trinajstić information content (AvgIpc) is 3.81. The molecule has 2 aliphatic carbocycles. The predicted octanol–water partition coefficient (Wildman–Crippen LogP) is 7.37. The van der Waals surface area contributed by atoms with Gasteiger partial charge < -0.3 is 5.11 Å². The van der Waals surface area contributed by atoms with Gasteiger partial charge in [0.15, 0.2) is 0 Å². The van der Waals surface area contributed by atoms with Gasteiger partial charge in [-0.15, -0.1) is 0 Å². The van der Waals surface area contributed by atoms with Crippen LogP contribution in [-0.2, 0) is 19.3 Å². The molecule has 0 amide bonds. The van der Waals surface area contributed by atoms with Crippen LogP contribution in [0.2, 0.25) is 0 Å². The summed E-state index contributed by atoms with van der Waals surface area (Å²) in [5, 5.41) is 19.8. The smallest absolute Gasteiger partial charge is 0.209 e. The average molecular weight is 643 g/mol. The molecule has 0 bridgehead atoms. The molecular weight excluding hydrogens is 617 g/mol. The molecular formula is C35H26N6O3S2. The Morgan fingerprint density at radius 2 is 1.39 bits per heavy atom. The van der Waals surface area contributed by atoms with Gasteiger partial charge in [0.1, 0.15) is 17.2 Å². The van der Waals surface area contributed by atoms with E-state index in [2.05, 4.69) is 57.2 Å². The van der Waals surface area contributed by atoms with E-state index in [0.717, 1.165) is 43.5 Å². The van der Waals surface area contributed by atoms with Crippen molar-refractivity contribution < 1.29 is 14.7 Å². The highest BCUT2D eigenvalue weighted by Crippen LogP contribution is 2.32. The lowest BCUT2D eigenvalue weighted by molar-refractivity contribution is 0.106. The monoisotopic (exact) mass is 642 g/mol. The lowest BCUT2D eigenvalue weighted by Crippen LogP contribution is -2.10. The first-order valence-electron chi connectivity index (χ1n) is 14.8. The Bertz CT molecular complexity index is 2250. The number of carbonyl (C=O) groups excluding carboxylic acids is 2. The van der Waals surface area contributed by atoms with Gasteiger partial charge >= 0.3 is 0 Å². The van der Waals surface area contributed by atoms with Crippen LogP contribution in [0.25, 0.3) is 20.4 Å². The normalized spacial score (nSPS) is 16.5. The zero-order valence-corrected chi connectivity index (χ0v) is 26.2. The number of fused-ring (bicyclic) bond motifs is 4. The van der Waals surface area contributed by atoms with Crippen molar-refractivity contribution in [2.75, 3.05) is 10.9 Å². The van der Waals surface area contributed by atoms with Crippen LogP contribution >= 0.6 is 22.7 Å². The van der Waals surface area contributed by atoms with Crippen LogP contribution in [0.1, 0.15) is 55.8 Å².